The summed E-state index contributed by atoms with van der Waals surface area (Å²) in [6, 6.07) is 22.6. The third-order valence-corrected chi connectivity index (χ3v) is 6.60. The van der Waals surface area contributed by atoms with Crippen LogP contribution in [0, 0.1) is 5.82 Å². The van der Waals surface area contributed by atoms with Crippen molar-refractivity contribution in [2.24, 2.45) is 0 Å². The number of carbonyl (C=O) groups excluding carboxylic acids is 1. The molecule has 0 unspecified atom stereocenters. The Hall–Kier alpha value is -3.85. The molecule has 0 aliphatic carbocycles. The average molecular weight is 476 g/mol. The second-order valence-electron chi connectivity index (χ2n) is 7.65. The molecule has 34 heavy (non-hydrogen) atoms. The zero-order valence-corrected chi connectivity index (χ0v) is 19.1. The van der Waals surface area contributed by atoms with Crippen LogP contribution in [-0.2, 0) is 4.79 Å². The monoisotopic (exact) mass is 475 g/mol. The Labute approximate surface area is 200 Å². The van der Waals surface area contributed by atoms with Gasteiger partial charge in [-0.05, 0) is 48.9 Å². The third kappa shape index (κ3) is 4.47. The SMILES string of the molecule is CCOc1ccc(NC(=O)[C@@H]2Sc3nnc(-c4ccccc4)n3N[C@@H]2c2ccc(F)cc2)cc1. The van der Waals surface area contributed by atoms with Crippen LogP contribution < -0.4 is 15.5 Å². The van der Waals surface area contributed by atoms with E-state index in [2.05, 4.69) is 20.9 Å². The van der Waals surface area contributed by atoms with Gasteiger partial charge in [0.2, 0.25) is 11.1 Å². The van der Waals surface area contributed by atoms with Crippen molar-refractivity contribution in [2.75, 3.05) is 17.3 Å². The Morgan fingerprint density at radius 2 is 1.79 bits per heavy atom. The van der Waals surface area contributed by atoms with Crippen LogP contribution in [0.25, 0.3) is 11.4 Å². The lowest BCUT2D eigenvalue weighted by atomic mass is 10.0. The number of aromatic nitrogens is 3. The molecule has 0 spiro atoms. The molecule has 0 bridgehead atoms. The van der Waals surface area contributed by atoms with Gasteiger partial charge >= 0.3 is 0 Å². The lowest BCUT2D eigenvalue weighted by Crippen LogP contribution is -2.41. The summed E-state index contributed by atoms with van der Waals surface area (Å²) in [5, 5.41) is 11.6. The van der Waals surface area contributed by atoms with Crippen LogP contribution in [0.3, 0.4) is 0 Å². The number of rotatable bonds is 6. The van der Waals surface area contributed by atoms with Crippen LogP contribution in [0.5, 0.6) is 5.75 Å². The quantitative estimate of drug-likeness (QED) is 0.414. The zero-order chi connectivity index (χ0) is 23.5. The molecule has 2 N–H and O–H groups in total. The number of benzene rings is 3. The van der Waals surface area contributed by atoms with Gasteiger partial charge in [0.15, 0.2) is 5.82 Å². The second-order valence-corrected chi connectivity index (χ2v) is 8.76. The molecule has 4 aromatic rings. The molecule has 1 amide bonds. The number of nitrogens with zero attached hydrogens (tertiary/aromatic N) is 3. The summed E-state index contributed by atoms with van der Waals surface area (Å²) in [7, 11) is 0. The minimum atomic E-state index is -0.572. The van der Waals surface area contributed by atoms with Crippen molar-refractivity contribution in [3.05, 3.63) is 90.2 Å². The van der Waals surface area contributed by atoms with Crippen LogP contribution in [0.1, 0.15) is 18.5 Å². The topological polar surface area (TPSA) is 81.1 Å². The van der Waals surface area contributed by atoms with Crippen LogP contribution >= 0.6 is 11.8 Å². The average Bonchev–Trinajstić information content (AvgIpc) is 3.29. The van der Waals surface area contributed by atoms with Gasteiger partial charge in [-0.15, -0.1) is 10.2 Å². The standard InChI is InChI=1S/C25H22FN5O2S/c1-2-33-20-14-12-19(13-15-20)27-24(32)22-21(16-8-10-18(26)11-9-16)30-31-23(28-29-25(31)34-22)17-6-4-3-5-7-17/h3-15,21-22,30H,2H2,1H3,(H,27,32)/t21-,22-/m1/s1. The maximum absolute atomic E-state index is 13.6. The molecule has 1 aliphatic heterocycles. The molecule has 7 nitrogen and oxygen atoms in total. The molecule has 2 atom stereocenters. The second kappa shape index (κ2) is 9.56. The fourth-order valence-electron chi connectivity index (χ4n) is 3.76. The molecule has 5 rings (SSSR count). The Morgan fingerprint density at radius 3 is 2.50 bits per heavy atom. The van der Waals surface area contributed by atoms with Gasteiger partial charge in [0.05, 0.1) is 12.6 Å². The lowest BCUT2D eigenvalue weighted by Gasteiger charge is -2.33. The number of anilines is 1. The van der Waals surface area contributed by atoms with Crippen molar-refractivity contribution < 1.29 is 13.9 Å². The van der Waals surface area contributed by atoms with E-state index < -0.39 is 11.3 Å². The molecule has 0 fully saturated rings. The minimum absolute atomic E-state index is 0.202. The van der Waals surface area contributed by atoms with Crippen LogP contribution in [-0.4, -0.2) is 32.6 Å². The molecule has 1 aliphatic rings. The molecular weight excluding hydrogens is 453 g/mol. The van der Waals surface area contributed by atoms with Crippen molar-refractivity contribution >= 4 is 23.4 Å². The van der Waals surface area contributed by atoms with Crippen molar-refractivity contribution in [2.45, 2.75) is 23.4 Å². The van der Waals surface area contributed by atoms with Gasteiger partial charge in [0, 0.05) is 11.3 Å². The highest BCUT2D eigenvalue weighted by molar-refractivity contribution is 8.00. The Kier molecular flexibility index (Phi) is 6.18. The largest absolute Gasteiger partial charge is 0.494 e. The number of hydrogen-bond acceptors (Lipinski definition) is 6. The van der Waals surface area contributed by atoms with E-state index in [-0.39, 0.29) is 11.7 Å². The van der Waals surface area contributed by atoms with Gasteiger partial charge in [-0.25, -0.2) is 9.07 Å². The normalized spacial score (nSPS) is 16.9. The molecule has 0 saturated carbocycles. The zero-order valence-electron chi connectivity index (χ0n) is 18.3. The minimum Gasteiger partial charge on any atom is -0.494 e. The first-order valence-corrected chi connectivity index (χ1v) is 11.7. The number of amides is 1. The van der Waals surface area contributed by atoms with Crippen molar-refractivity contribution in [3.63, 3.8) is 0 Å². The molecule has 1 aromatic heterocycles. The summed E-state index contributed by atoms with van der Waals surface area (Å²) in [5.41, 5.74) is 5.72. The predicted octanol–water partition coefficient (Wildman–Crippen LogP) is 4.88. The van der Waals surface area contributed by atoms with E-state index in [9.17, 15) is 9.18 Å². The highest BCUT2D eigenvalue weighted by Gasteiger charge is 2.38. The van der Waals surface area contributed by atoms with E-state index >= 15 is 0 Å². The smallest absolute Gasteiger partial charge is 0.240 e. The first kappa shape index (κ1) is 22.0. The van der Waals surface area contributed by atoms with E-state index in [1.807, 2.05) is 49.4 Å². The Bertz CT molecular complexity index is 1280. The number of thioether (sulfide) groups is 1. The summed E-state index contributed by atoms with van der Waals surface area (Å²) >= 11 is 1.31. The molecule has 3 aromatic carbocycles. The van der Waals surface area contributed by atoms with Gasteiger partial charge in [-0.2, -0.15) is 0 Å². The first-order valence-electron chi connectivity index (χ1n) is 10.9. The number of carbonyl (C=O) groups is 1. The van der Waals surface area contributed by atoms with Gasteiger partial charge in [-0.1, -0.05) is 54.2 Å². The number of hydrogen-bond donors (Lipinski definition) is 2. The molecular formula is C25H22FN5O2S. The van der Waals surface area contributed by atoms with Crippen LogP contribution in [0.15, 0.2) is 84.0 Å². The third-order valence-electron chi connectivity index (χ3n) is 5.39. The molecule has 0 radical (unpaired) electrons. The van der Waals surface area contributed by atoms with Gasteiger partial charge in [0.25, 0.3) is 0 Å². The van der Waals surface area contributed by atoms with E-state index in [1.54, 1.807) is 28.9 Å². The van der Waals surface area contributed by atoms with E-state index in [1.165, 1.54) is 23.9 Å². The molecule has 172 valence electrons. The number of nitrogens with one attached hydrogen (secondary N) is 2. The van der Waals surface area contributed by atoms with Crippen LogP contribution in [0.2, 0.25) is 0 Å². The van der Waals surface area contributed by atoms with Crippen molar-refractivity contribution in [3.8, 4) is 17.1 Å². The highest BCUT2D eigenvalue weighted by atomic mass is 32.2. The van der Waals surface area contributed by atoms with Gasteiger partial charge < -0.3 is 15.5 Å². The lowest BCUT2D eigenvalue weighted by molar-refractivity contribution is -0.116. The summed E-state index contributed by atoms with van der Waals surface area (Å²) in [5.74, 6) is 0.838. The fraction of sp³-hybridized carbons (Fsp3) is 0.160. The Morgan fingerprint density at radius 1 is 1.06 bits per heavy atom. The Balaban J connectivity index is 1.46. The van der Waals surface area contributed by atoms with Gasteiger partial charge in [-0.3, -0.25) is 4.79 Å². The summed E-state index contributed by atoms with van der Waals surface area (Å²) in [6.07, 6.45) is 0. The summed E-state index contributed by atoms with van der Waals surface area (Å²) < 4.78 is 20.9. The molecule has 0 saturated heterocycles. The maximum Gasteiger partial charge on any atom is 0.240 e. The fourth-order valence-corrected chi connectivity index (χ4v) is 4.84. The maximum atomic E-state index is 13.6. The first-order chi connectivity index (χ1) is 16.6. The van der Waals surface area contributed by atoms with E-state index in [0.717, 1.165) is 16.9 Å². The number of halogens is 1. The van der Waals surface area contributed by atoms with E-state index in [0.29, 0.717) is 23.3 Å². The van der Waals surface area contributed by atoms with Crippen LogP contribution in [0.4, 0.5) is 10.1 Å². The number of ether oxygens (including phenoxy) is 1. The summed E-state index contributed by atoms with van der Waals surface area (Å²) in [4.78, 5) is 13.4. The predicted molar refractivity (Wildman–Crippen MR) is 130 cm³/mol. The van der Waals surface area contributed by atoms with E-state index in [4.69, 9.17) is 4.74 Å². The highest BCUT2D eigenvalue weighted by Crippen LogP contribution is 2.39. The molecule has 2 heterocycles. The van der Waals surface area contributed by atoms with Crippen molar-refractivity contribution in [1.29, 1.82) is 0 Å². The van der Waals surface area contributed by atoms with Crippen molar-refractivity contribution in [1.82, 2.24) is 14.9 Å². The summed E-state index contributed by atoms with van der Waals surface area (Å²) in [6.45, 7) is 2.49. The van der Waals surface area contributed by atoms with Gasteiger partial charge in [0.1, 0.15) is 16.8 Å². The molecule has 9 heteroatoms. The number of fused-ring (bicyclic) bond motifs is 1.